The number of hydrogen-bond donors (Lipinski definition) is 2. The van der Waals surface area contributed by atoms with Gasteiger partial charge in [0.05, 0.1) is 0 Å². The fourth-order valence-electron chi connectivity index (χ4n) is 3.78. The summed E-state index contributed by atoms with van der Waals surface area (Å²) in [5.74, 6) is 0.174. The van der Waals surface area contributed by atoms with Gasteiger partial charge < -0.3 is 20.3 Å². The van der Waals surface area contributed by atoms with E-state index in [4.69, 9.17) is 4.74 Å². The van der Waals surface area contributed by atoms with Crippen molar-refractivity contribution in [2.45, 2.75) is 39.0 Å². The molecule has 1 atom stereocenters. The summed E-state index contributed by atoms with van der Waals surface area (Å²) in [6.07, 6.45) is -0.0830. The second-order valence-electron chi connectivity index (χ2n) is 8.88. The molecule has 0 spiro atoms. The van der Waals surface area contributed by atoms with Crippen LogP contribution in [0.1, 0.15) is 45.7 Å². The molecule has 3 aromatic carbocycles. The topological polar surface area (TPSA) is 87.7 Å². The molecule has 0 radical (unpaired) electrons. The lowest BCUT2D eigenvalue weighted by molar-refractivity contribution is -0.122. The van der Waals surface area contributed by atoms with Crippen LogP contribution in [0, 0.1) is 0 Å². The van der Waals surface area contributed by atoms with Crippen molar-refractivity contribution in [2.75, 3.05) is 12.4 Å². The number of carbonyl (C=O) groups excluding carboxylic acids is 3. The predicted molar refractivity (Wildman–Crippen MR) is 134 cm³/mol. The first kappa shape index (κ1) is 24.0. The smallest absolute Gasteiger partial charge is 0.265 e. The number of nitrogens with one attached hydrogen (secondary N) is 2. The van der Waals surface area contributed by atoms with Gasteiger partial charge in [0.25, 0.3) is 17.7 Å². The maximum absolute atomic E-state index is 12.7. The van der Waals surface area contributed by atoms with Gasteiger partial charge in [0, 0.05) is 42.9 Å². The average Bonchev–Trinajstić information content (AvgIpc) is 3.31. The number of fused-ring (bicyclic) bond motifs is 1. The first-order valence-corrected chi connectivity index (χ1v) is 11.6. The van der Waals surface area contributed by atoms with E-state index < -0.39 is 6.10 Å². The molecule has 0 aliphatic carbocycles. The molecular weight excluding hydrogens is 442 g/mol. The minimum absolute atomic E-state index is 0.0404. The monoisotopic (exact) mass is 471 g/mol. The Morgan fingerprint density at radius 3 is 2.43 bits per heavy atom. The highest BCUT2D eigenvalue weighted by Crippen LogP contribution is 2.28. The van der Waals surface area contributed by atoms with E-state index >= 15 is 0 Å². The van der Waals surface area contributed by atoms with Crippen LogP contribution in [0.4, 0.5) is 5.69 Å². The molecule has 4 rings (SSSR count). The maximum Gasteiger partial charge on any atom is 0.265 e. The zero-order chi connectivity index (χ0) is 24.9. The SMILES string of the molecule is CC(C)N(C)C(=O)c1ccc(CNC(=O)c2cccc(NC(=O)C3Cc4ccccc4O3)c2)cc1. The number of ether oxygens (including phenoxy) is 1. The van der Waals surface area contributed by atoms with Gasteiger partial charge in [-0.15, -0.1) is 0 Å². The van der Waals surface area contributed by atoms with Gasteiger partial charge >= 0.3 is 0 Å². The van der Waals surface area contributed by atoms with Crippen molar-refractivity contribution in [2.24, 2.45) is 0 Å². The molecule has 0 fully saturated rings. The van der Waals surface area contributed by atoms with Crippen LogP contribution in [0.15, 0.2) is 72.8 Å². The van der Waals surface area contributed by atoms with E-state index in [0.717, 1.165) is 16.9 Å². The van der Waals surface area contributed by atoms with Crippen LogP contribution in [0.25, 0.3) is 0 Å². The number of carbonyl (C=O) groups is 3. The molecule has 7 nitrogen and oxygen atoms in total. The molecular formula is C28H29N3O4. The lowest BCUT2D eigenvalue weighted by Gasteiger charge is -2.21. The summed E-state index contributed by atoms with van der Waals surface area (Å²) in [5.41, 5.74) is 3.45. The molecule has 3 aromatic rings. The lowest BCUT2D eigenvalue weighted by atomic mass is 10.1. The number of para-hydroxylation sites is 1. The Morgan fingerprint density at radius 1 is 0.971 bits per heavy atom. The number of rotatable bonds is 7. The molecule has 35 heavy (non-hydrogen) atoms. The molecule has 3 amide bonds. The first-order valence-electron chi connectivity index (χ1n) is 11.6. The Balaban J connectivity index is 1.32. The fourth-order valence-corrected chi connectivity index (χ4v) is 3.78. The maximum atomic E-state index is 12.7. The third kappa shape index (κ3) is 5.69. The summed E-state index contributed by atoms with van der Waals surface area (Å²) in [7, 11) is 1.78. The van der Waals surface area contributed by atoms with Gasteiger partial charge in [-0.25, -0.2) is 0 Å². The molecule has 0 saturated heterocycles. The van der Waals surface area contributed by atoms with Gasteiger partial charge in [-0.2, -0.15) is 0 Å². The number of amides is 3. The summed E-state index contributed by atoms with van der Waals surface area (Å²) < 4.78 is 5.74. The van der Waals surface area contributed by atoms with Crippen LogP contribution in [-0.4, -0.2) is 41.8 Å². The van der Waals surface area contributed by atoms with Crippen LogP contribution < -0.4 is 15.4 Å². The van der Waals surface area contributed by atoms with Gasteiger partial charge in [-0.1, -0.05) is 36.4 Å². The molecule has 1 aliphatic heterocycles. The minimum Gasteiger partial charge on any atom is -0.480 e. The van der Waals surface area contributed by atoms with Crippen LogP contribution in [0.5, 0.6) is 5.75 Å². The Bertz CT molecular complexity index is 1210. The van der Waals surface area contributed by atoms with Crippen molar-refractivity contribution in [1.82, 2.24) is 10.2 Å². The van der Waals surface area contributed by atoms with Gasteiger partial charge in [-0.05, 0) is 61.4 Å². The molecule has 1 aliphatic rings. The summed E-state index contributed by atoms with van der Waals surface area (Å²) in [5, 5.41) is 5.72. The van der Waals surface area contributed by atoms with Crippen molar-refractivity contribution < 1.29 is 19.1 Å². The highest BCUT2D eigenvalue weighted by Gasteiger charge is 2.28. The molecule has 0 saturated carbocycles. The van der Waals surface area contributed by atoms with Gasteiger partial charge in [-0.3, -0.25) is 14.4 Å². The molecule has 2 N–H and O–H groups in total. The fraction of sp³-hybridized carbons (Fsp3) is 0.250. The molecule has 7 heteroatoms. The largest absolute Gasteiger partial charge is 0.480 e. The molecule has 0 aromatic heterocycles. The number of benzene rings is 3. The van der Waals surface area contributed by atoms with Crippen LogP contribution in [-0.2, 0) is 17.8 Å². The summed E-state index contributed by atoms with van der Waals surface area (Å²) >= 11 is 0. The van der Waals surface area contributed by atoms with Crippen molar-refractivity contribution >= 4 is 23.4 Å². The highest BCUT2D eigenvalue weighted by atomic mass is 16.5. The van der Waals surface area contributed by atoms with Crippen molar-refractivity contribution in [3.8, 4) is 5.75 Å². The van der Waals surface area contributed by atoms with Gasteiger partial charge in [0.1, 0.15) is 5.75 Å². The Hall–Kier alpha value is -4.13. The first-order chi connectivity index (χ1) is 16.8. The molecule has 1 unspecified atom stereocenters. The Kier molecular flexibility index (Phi) is 7.15. The second kappa shape index (κ2) is 10.4. The van der Waals surface area contributed by atoms with E-state index in [0.29, 0.717) is 29.8 Å². The van der Waals surface area contributed by atoms with Crippen LogP contribution in [0.2, 0.25) is 0 Å². The van der Waals surface area contributed by atoms with E-state index in [-0.39, 0.29) is 23.8 Å². The standard InChI is InChI=1S/C28H29N3O4/c1-18(2)31(3)28(34)20-13-11-19(12-14-20)17-29-26(32)22-8-6-9-23(15-22)30-27(33)25-16-21-7-4-5-10-24(21)35-25/h4-15,18,25H,16-17H2,1-3H3,(H,29,32)(H,30,33). The quantitative estimate of drug-likeness (QED) is 0.545. The Labute approximate surface area is 205 Å². The van der Waals surface area contributed by atoms with Crippen LogP contribution >= 0.6 is 0 Å². The zero-order valence-electron chi connectivity index (χ0n) is 20.1. The van der Waals surface area contributed by atoms with Gasteiger partial charge in [0.15, 0.2) is 6.10 Å². The average molecular weight is 472 g/mol. The zero-order valence-corrected chi connectivity index (χ0v) is 20.1. The summed E-state index contributed by atoms with van der Waals surface area (Å²) in [6, 6.07) is 21.7. The summed E-state index contributed by atoms with van der Waals surface area (Å²) in [6.45, 7) is 4.24. The number of anilines is 1. The molecule has 1 heterocycles. The van der Waals surface area contributed by atoms with E-state index in [9.17, 15) is 14.4 Å². The Morgan fingerprint density at radius 2 is 1.71 bits per heavy atom. The van der Waals surface area contributed by atoms with Crippen molar-refractivity contribution in [3.63, 3.8) is 0 Å². The van der Waals surface area contributed by atoms with E-state index in [2.05, 4.69) is 10.6 Å². The van der Waals surface area contributed by atoms with E-state index in [1.807, 2.05) is 50.2 Å². The van der Waals surface area contributed by atoms with Crippen LogP contribution in [0.3, 0.4) is 0 Å². The van der Waals surface area contributed by atoms with E-state index in [1.165, 1.54) is 0 Å². The van der Waals surface area contributed by atoms with Crippen molar-refractivity contribution in [1.29, 1.82) is 0 Å². The lowest BCUT2D eigenvalue weighted by Crippen LogP contribution is -2.32. The summed E-state index contributed by atoms with van der Waals surface area (Å²) in [4.78, 5) is 39.5. The van der Waals surface area contributed by atoms with Gasteiger partial charge in [0.2, 0.25) is 0 Å². The second-order valence-corrected chi connectivity index (χ2v) is 8.88. The molecule has 180 valence electrons. The van der Waals surface area contributed by atoms with E-state index in [1.54, 1.807) is 48.3 Å². The van der Waals surface area contributed by atoms with Crippen molar-refractivity contribution in [3.05, 3.63) is 95.1 Å². The molecule has 0 bridgehead atoms. The third-order valence-electron chi connectivity index (χ3n) is 6.08. The number of hydrogen-bond acceptors (Lipinski definition) is 4. The minimum atomic E-state index is -0.597. The third-order valence-corrected chi connectivity index (χ3v) is 6.08. The highest BCUT2D eigenvalue weighted by molar-refractivity contribution is 5.98. The number of nitrogens with zero attached hydrogens (tertiary/aromatic N) is 1. The predicted octanol–water partition coefficient (Wildman–Crippen LogP) is 4.04. The normalized spacial score (nSPS) is 14.1.